The zero-order valence-corrected chi connectivity index (χ0v) is 9.76. The molecular weight excluding hydrogens is 237 g/mol. The number of rotatable bonds is 3. The molecule has 0 radical (unpaired) electrons. The largest absolute Gasteiger partial charge is 0.455 e. The van der Waals surface area contributed by atoms with Crippen molar-refractivity contribution in [1.29, 1.82) is 0 Å². The van der Waals surface area contributed by atoms with Crippen LogP contribution in [-0.4, -0.2) is 15.7 Å². The Morgan fingerprint density at radius 1 is 1.50 bits per heavy atom. The lowest BCUT2D eigenvalue weighted by Crippen LogP contribution is -2.08. The summed E-state index contributed by atoms with van der Waals surface area (Å²) in [6.07, 6.45) is 1.73. The number of carbonyl (C=O) groups excluding carboxylic acids is 1. The summed E-state index contributed by atoms with van der Waals surface area (Å²) in [5, 5.41) is 4.04. The average Bonchev–Trinajstić information content (AvgIpc) is 2.75. The number of nitrogens with zero attached hydrogens (tertiary/aromatic N) is 2. The minimum Gasteiger partial charge on any atom is -0.455 e. The third-order valence-corrected chi connectivity index (χ3v) is 2.33. The minimum atomic E-state index is -0.759. The van der Waals surface area contributed by atoms with E-state index in [9.17, 15) is 9.18 Å². The Morgan fingerprint density at radius 2 is 2.28 bits per heavy atom. The summed E-state index contributed by atoms with van der Waals surface area (Å²) in [5.74, 6) is -1.42. The van der Waals surface area contributed by atoms with Crippen molar-refractivity contribution < 1.29 is 13.9 Å². The van der Waals surface area contributed by atoms with Crippen molar-refractivity contribution in [3.8, 4) is 0 Å². The number of nitrogen functional groups attached to an aromatic ring is 1. The first-order valence-electron chi connectivity index (χ1n) is 5.27. The molecule has 0 saturated heterocycles. The van der Waals surface area contributed by atoms with Crippen LogP contribution in [0.25, 0.3) is 0 Å². The Hall–Kier alpha value is -2.37. The average molecular weight is 249 g/mol. The standard InChI is InChI=1S/C12H12FN3O2/c1-16-5-4-9(15-16)7-18-12(17)10-6-8(14)2-3-11(10)13/h2-6H,7,14H2,1H3. The topological polar surface area (TPSA) is 70.1 Å². The second-order valence-electron chi connectivity index (χ2n) is 3.80. The van der Waals surface area contributed by atoms with Crippen molar-refractivity contribution in [2.45, 2.75) is 6.61 Å². The van der Waals surface area contributed by atoms with Gasteiger partial charge < -0.3 is 10.5 Å². The van der Waals surface area contributed by atoms with Crippen LogP contribution in [0, 0.1) is 5.82 Å². The molecule has 0 aliphatic carbocycles. The molecule has 0 fully saturated rings. The highest BCUT2D eigenvalue weighted by Gasteiger charge is 2.14. The van der Waals surface area contributed by atoms with Gasteiger partial charge in [-0.05, 0) is 24.3 Å². The van der Waals surface area contributed by atoms with Crippen molar-refractivity contribution >= 4 is 11.7 Å². The van der Waals surface area contributed by atoms with Crippen LogP contribution in [0.1, 0.15) is 16.1 Å². The highest BCUT2D eigenvalue weighted by molar-refractivity contribution is 5.90. The Labute approximate surface area is 103 Å². The van der Waals surface area contributed by atoms with Crippen molar-refractivity contribution in [2.24, 2.45) is 7.05 Å². The number of esters is 1. The van der Waals surface area contributed by atoms with Gasteiger partial charge in [-0.1, -0.05) is 0 Å². The van der Waals surface area contributed by atoms with Crippen molar-refractivity contribution in [3.63, 3.8) is 0 Å². The number of anilines is 1. The third kappa shape index (κ3) is 2.65. The fourth-order valence-electron chi connectivity index (χ4n) is 1.46. The highest BCUT2D eigenvalue weighted by Crippen LogP contribution is 2.13. The lowest BCUT2D eigenvalue weighted by molar-refractivity contribution is 0.0462. The Balaban J connectivity index is 2.05. The monoisotopic (exact) mass is 249 g/mol. The Kier molecular flexibility index (Phi) is 3.27. The van der Waals surface area contributed by atoms with E-state index in [1.807, 2.05) is 0 Å². The number of hydrogen-bond acceptors (Lipinski definition) is 4. The van der Waals surface area contributed by atoms with E-state index in [0.717, 1.165) is 6.07 Å². The summed E-state index contributed by atoms with van der Waals surface area (Å²) in [6.45, 7) is -0.00604. The quantitative estimate of drug-likeness (QED) is 0.661. The summed E-state index contributed by atoms with van der Waals surface area (Å²) in [7, 11) is 1.75. The van der Waals surface area contributed by atoms with E-state index in [1.54, 1.807) is 24.0 Å². The van der Waals surface area contributed by atoms with Gasteiger partial charge in [0, 0.05) is 18.9 Å². The summed E-state index contributed by atoms with van der Waals surface area (Å²) in [5.41, 5.74) is 6.21. The molecule has 0 atom stereocenters. The van der Waals surface area contributed by atoms with Crippen LogP contribution < -0.4 is 5.73 Å². The fraction of sp³-hybridized carbons (Fsp3) is 0.167. The lowest BCUT2D eigenvalue weighted by atomic mass is 10.2. The molecular formula is C12H12FN3O2. The molecule has 6 heteroatoms. The molecule has 18 heavy (non-hydrogen) atoms. The molecule has 0 saturated carbocycles. The maximum atomic E-state index is 13.4. The van der Waals surface area contributed by atoms with Gasteiger partial charge in [0.25, 0.3) is 0 Å². The van der Waals surface area contributed by atoms with Gasteiger partial charge in [-0.15, -0.1) is 0 Å². The number of hydrogen-bond donors (Lipinski definition) is 1. The predicted octanol–water partition coefficient (Wildman–Crippen LogP) is 1.50. The van der Waals surface area contributed by atoms with Crippen LogP contribution in [0.2, 0.25) is 0 Å². The second-order valence-corrected chi connectivity index (χ2v) is 3.80. The van der Waals surface area contributed by atoms with Gasteiger partial charge in [0.1, 0.15) is 12.4 Å². The summed E-state index contributed by atoms with van der Waals surface area (Å²) < 4.78 is 19.9. The van der Waals surface area contributed by atoms with Gasteiger partial charge in [0.05, 0.1) is 11.3 Å². The van der Waals surface area contributed by atoms with Crippen LogP contribution in [0.3, 0.4) is 0 Å². The molecule has 0 bridgehead atoms. The first-order chi connectivity index (χ1) is 8.56. The zero-order valence-electron chi connectivity index (χ0n) is 9.76. The number of benzene rings is 1. The summed E-state index contributed by atoms with van der Waals surface area (Å²) in [6, 6.07) is 5.47. The first-order valence-corrected chi connectivity index (χ1v) is 5.27. The maximum Gasteiger partial charge on any atom is 0.341 e. The highest BCUT2D eigenvalue weighted by atomic mass is 19.1. The molecule has 0 unspecified atom stereocenters. The van der Waals surface area contributed by atoms with Gasteiger partial charge in [0.15, 0.2) is 0 Å². The van der Waals surface area contributed by atoms with Crippen LogP contribution in [-0.2, 0) is 18.4 Å². The maximum absolute atomic E-state index is 13.4. The van der Waals surface area contributed by atoms with E-state index < -0.39 is 11.8 Å². The molecule has 2 N–H and O–H groups in total. The molecule has 0 aliphatic rings. The number of ether oxygens (including phenoxy) is 1. The number of aromatic nitrogens is 2. The number of aryl methyl sites for hydroxylation is 1. The predicted molar refractivity (Wildman–Crippen MR) is 63.1 cm³/mol. The fourth-order valence-corrected chi connectivity index (χ4v) is 1.46. The van der Waals surface area contributed by atoms with E-state index in [0.29, 0.717) is 11.4 Å². The number of nitrogens with two attached hydrogens (primary N) is 1. The van der Waals surface area contributed by atoms with Crippen molar-refractivity contribution in [2.75, 3.05) is 5.73 Å². The van der Waals surface area contributed by atoms with Crippen LogP contribution in [0.15, 0.2) is 30.5 Å². The molecule has 0 amide bonds. The Bertz CT molecular complexity index is 580. The van der Waals surface area contributed by atoms with Gasteiger partial charge in [-0.2, -0.15) is 5.10 Å². The SMILES string of the molecule is Cn1ccc(COC(=O)c2cc(N)ccc2F)n1. The molecule has 1 aromatic carbocycles. The van der Waals surface area contributed by atoms with E-state index in [-0.39, 0.29) is 12.2 Å². The van der Waals surface area contributed by atoms with Gasteiger partial charge in [-0.25, -0.2) is 9.18 Å². The molecule has 0 aliphatic heterocycles. The summed E-state index contributed by atoms with van der Waals surface area (Å²) >= 11 is 0. The Morgan fingerprint density at radius 3 is 2.94 bits per heavy atom. The molecule has 94 valence electrons. The molecule has 1 heterocycles. The zero-order chi connectivity index (χ0) is 13.1. The normalized spacial score (nSPS) is 10.3. The van der Waals surface area contributed by atoms with Gasteiger partial charge in [0.2, 0.25) is 0 Å². The molecule has 2 aromatic rings. The van der Waals surface area contributed by atoms with Crippen LogP contribution >= 0.6 is 0 Å². The number of halogens is 1. The van der Waals surface area contributed by atoms with E-state index >= 15 is 0 Å². The third-order valence-electron chi connectivity index (χ3n) is 2.33. The second kappa shape index (κ2) is 4.87. The van der Waals surface area contributed by atoms with Crippen LogP contribution in [0.5, 0.6) is 0 Å². The van der Waals surface area contributed by atoms with E-state index in [2.05, 4.69) is 5.10 Å². The summed E-state index contributed by atoms with van der Waals surface area (Å²) in [4.78, 5) is 11.6. The smallest absolute Gasteiger partial charge is 0.341 e. The molecule has 1 aromatic heterocycles. The van der Waals surface area contributed by atoms with Gasteiger partial charge >= 0.3 is 5.97 Å². The van der Waals surface area contributed by atoms with Gasteiger partial charge in [-0.3, -0.25) is 4.68 Å². The molecule has 5 nitrogen and oxygen atoms in total. The lowest BCUT2D eigenvalue weighted by Gasteiger charge is -2.04. The van der Waals surface area contributed by atoms with E-state index in [4.69, 9.17) is 10.5 Å². The molecule has 0 spiro atoms. The minimum absolute atomic E-state index is 0.00604. The molecule has 2 rings (SSSR count). The van der Waals surface area contributed by atoms with Crippen molar-refractivity contribution in [1.82, 2.24) is 9.78 Å². The first kappa shape index (κ1) is 12.1. The van der Waals surface area contributed by atoms with Crippen LogP contribution in [0.4, 0.5) is 10.1 Å². The van der Waals surface area contributed by atoms with E-state index in [1.165, 1.54) is 12.1 Å². The van der Waals surface area contributed by atoms with Crippen molar-refractivity contribution in [3.05, 3.63) is 47.5 Å². The number of carbonyl (C=O) groups is 1.